The Bertz CT molecular complexity index is 503. The smallest absolute Gasteiger partial charge is 0.233 e. The lowest BCUT2D eigenvalue weighted by molar-refractivity contribution is 0.365. The first-order valence-corrected chi connectivity index (χ1v) is 6.02. The summed E-state index contributed by atoms with van der Waals surface area (Å²) in [5.41, 5.74) is 5.79. The Hall–Kier alpha value is -1.46. The second kappa shape index (κ2) is 3.84. The highest BCUT2D eigenvalue weighted by molar-refractivity contribution is 7.13. The zero-order valence-corrected chi connectivity index (χ0v) is 9.35. The SMILES string of the molecule is NC1C=CC(c2nc(-c3cccs3)no2)C1. The lowest BCUT2D eigenvalue weighted by atomic mass is 10.1. The molecule has 2 heterocycles. The van der Waals surface area contributed by atoms with Gasteiger partial charge >= 0.3 is 0 Å². The Balaban J connectivity index is 1.86. The molecule has 0 amide bonds. The zero-order chi connectivity index (χ0) is 11.0. The maximum absolute atomic E-state index is 5.79. The summed E-state index contributed by atoms with van der Waals surface area (Å²) in [5, 5.41) is 5.97. The van der Waals surface area contributed by atoms with Crippen molar-refractivity contribution < 1.29 is 4.52 Å². The standard InChI is InChI=1S/C11H11N3OS/c12-8-4-3-7(6-8)11-13-10(14-15-11)9-2-1-5-16-9/h1-5,7-8H,6,12H2. The summed E-state index contributed by atoms with van der Waals surface area (Å²) in [6.07, 6.45) is 4.88. The Kier molecular flexibility index (Phi) is 2.34. The molecule has 16 heavy (non-hydrogen) atoms. The third-order valence-electron chi connectivity index (χ3n) is 2.62. The van der Waals surface area contributed by atoms with Gasteiger partial charge in [0.2, 0.25) is 11.7 Å². The van der Waals surface area contributed by atoms with Crippen molar-refractivity contribution in [3.05, 3.63) is 35.6 Å². The van der Waals surface area contributed by atoms with Crippen molar-refractivity contribution in [2.75, 3.05) is 0 Å². The molecule has 2 aromatic heterocycles. The molecule has 3 rings (SSSR count). The summed E-state index contributed by atoms with van der Waals surface area (Å²) in [7, 11) is 0. The minimum Gasteiger partial charge on any atom is -0.338 e. The van der Waals surface area contributed by atoms with E-state index in [0.29, 0.717) is 11.7 Å². The molecular formula is C11H11N3OS. The van der Waals surface area contributed by atoms with Gasteiger partial charge in [-0.15, -0.1) is 11.3 Å². The zero-order valence-electron chi connectivity index (χ0n) is 8.54. The van der Waals surface area contributed by atoms with Crippen LogP contribution >= 0.6 is 11.3 Å². The van der Waals surface area contributed by atoms with Crippen molar-refractivity contribution in [3.8, 4) is 10.7 Å². The molecule has 2 aromatic rings. The molecule has 0 fully saturated rings. The number of nitrogens with zero attached hydrogens (tertiary/aromatic N) is 2. The van der Waals surface area contributed by atoms with E-state index in [1.807, 2.05) is 29.7 Å². The monoisotopic (exact) mass is 233 g/mol. The molecule has 0 aromatic carbocycles. The normalized spacial score (nSPS) is 24.1. The fraction of sp³-hybridized carbons (Fsp3) is 0.273. The minimum atomic E-state index is 0.113. The Morgan fingerprint density at radius 2 is 2.38 bits per heavy atom. The molecule has 0 bridgehead atoms. The summed E-state index contributed by atoms with van der Waals surface area (Å²) < 4.78 is 5.26. The molecular weight excluding hydrogens is 222 g/mol. The molecule has 1 aliphatic carbocycles. The molecule has 2 N–H and O–H groups in total. The Morgan fingerprint density at radius 1 is 1.44 bits per heavy atom. The summed E-state index contributed by atoms with van der Waals surface area (Å²) in [6, 6.07) is 4.07. The van der Waals surface area contributed by atoms with Crippen LogP contribution in [-0.4, -0.2) is 16.2 Å². The molecule has 0 radical (unpaired) electrons. The van der Waals surface area contributed by atoms with Crippen molar-refractivity contribution in [1.82, 2.24) is 10.1 Å². The molecule has 0 aliphatic heterocycles. The number of thiophene rings is 1. The first kappa shape index (κ1) is 9.74. The van der Waals surface area contributed by atoms with Gasteiger partial charge in [0, 0.05) is 6.04 Å². The van der Waals surface area contributed by atoms with Crippen LogP contribution in [0.2, 0.25) is 0 Å². The predicted molar refractivity (Wildman–Crippen MR) is 62.1 cm³/mol. The number of hydrogen-bond acceptors (Lipinski definition) is 5. The topological polar surface area (TPSA) is 64.9 Å². The third-order valence-corrected chi connectivity index (χ3v) is 3.48. The van der Waals surface area contributed by atoms with Crippen molar-refractivity contribution in [1.29, 1.82) is 0 Å². The van der Waals surface area contributed by atoms with Crippen LogP contribution in [0.4, 0.5) is 0 Å². The van der Waals surface area contributed by atoms with Crippen molar-refractivity contribution in [3.63, 3.8) is 0 Å². The Labute approximate surface area is 96.8 Å². The minimum absolute atomic E-state index is 0.113. The lowest BCUT2D eigenvalue weighted by Crippen LogP contribution is -2.14. The van der Waals surface area contributed by atoms with Gasteiger partial charge in [0.05, 0.1) is 10.8 Å². The fourth-order valence-electron chi connectivity index (χ4n) is 1.80. The van der Waals surface area contributed by atoms with Crippen LogP contribution in [0.3, 0.4) is 0 Å². The summed E-state index contributed by atoms with van der Waals surface area (Å²) in [4.78, 5) is 5.42. The first-order chi connectivity index (χ1) is 7.83. The van der Waals surface area contributed by atoms with Gasteiger partial charge in [0.15, 0.2) is 0 Å². The number of allylic oxidation sites excluding steroid dienone is 1. The van der Waals surface area contributed by atoms with Crippen molar-refractivity contribution in [2.45, 2.75) is 18.4 Å². The van der Waals surface area contributed by atoms with E-state index in [1.54, 1.807) is 11.3 Å². The predicted octanol–water partition coefficient (Wildman–Crippen LogP) is 2.17. The molecule has 2 atom stereocenters. The van der Waals surface area contributed by atoms with E-state index in [9.17, 15) is 0 Å². The lowest BCUT2D eigenvalue weighted by Gasteiger charge is -2.01. The second-order valence-corrected chi connectivity index (χ2v) is 4.77. The molecule has 2 unspecified atom stereocenters. The molecule has 1 aliphatic rings. The van der Waals surface area contributed by atoms with Gasteiger partial charge < -0.3 is 10.3 Å². The average molecular weight is 233 g/mol. The number of hydrogen-bond donors (Lipinski definition) is 1. The van der Waals surface area contributed by atoms with E-state index < -0.39 is 0 Å². The van der Waals surface area contributed by atoms with Crippen molar-refractivity contribution >= 4 is 11.3 Å². The number of nitrogens with two attached hydrogens (primary N) is 1. The maximum atomic E-state index is 5.79. The van der Waals surface area contributed by atoms with E-state index in [1.165, 1.54) is 0 Å². The fourth-order valence-corrected chi connectivity index (χ4v) is 2.45. The molecule has 4 nitrogen and oxygen atoms in total. The maximum Gasteiger partial charge on any atom is 0.233 e. The third kappa shape index (κ3) is 1.68. The van der Waals surface area contributed by atoms with E-state index in [2.05, 4.69) is 10.1 Å². The van der Waals surface area contributed by atoms with Crippen LogP contribution in [0.15, 0.2) is 34.2 Å². The average Bonchev–Trinajstić information content (AvgIpc) is 2.97. The summed E-state index contributed by atoms with van der Waals surface area (Å²) in [5.74, 6) is 1.50. The highest BCUT2D eigenvalue weighted by Gasteiger charge is 2.23. The number of rotatable bonds is 2. The summed E-state index contributed by atoms with van der Waals surface area (Å²) in [6.45, 7) is 0. The molecule has 0 saturated carbocycles. The van der Waals surface area contributed by atoms with Gasteiger partial charge in [-0.2, -0.15) is 4.98 Å². The van der Waals surface area contributed by atoms with E-state index in [0.717, 1.165) is 11.3 Å². The Morgan fingerprint density at radius 3 is 3.06 bits per heavy atom. The van der Waals surface area contributed by atoms with Crippen LogP contribution in [0, 0.1) is 0 Å². The van der Waals surface area contributed by atoms with Gasteiger partial charge in [0.25, 0.3) is 0 Å². The van der Waals surface area contributed by atoms with Crippen LogP contribution in [0.25, 0.3) is 10.7 Å². The van der Waals surface area contributed by atoms with Crippen molar-refractivity contribution in [2.24, 2.45) is 5.73 Å². The second-order valence-electron chi connectivity index (χ2n) is 3.82. The molecule has 0 saturated heterocycles. The van der Waals surface area contributed by atoms with Crippen LogP contribution < -0.4 is 5.73 Å². The molecule has 82 valence electrons. The van der Waals surface area contributed by atoms with E-state index in [-0.39, 0.29) is 12.0 Å². The highest BCUT2D eigenvalue weighted by Crippen LogP contribution is 2.29. The largest absolute Gasteiger partial charge is 0.338 e. The molecule has 5 heteroatoms. The van der Waals surface area contributed by atoms with E-state index >= 15 is 0 Å². The van der Waals surface area contributed by atoms with E-state index in [4.69, 9.17) is 10.3 Å². The van der Waals surface area contributed by atoms with Gasteiger partial charge in [0.1, 0.15) is 0 Å². The van der Waals surface area contributed by atoms with Crippen LogP contribution in [0.1, 0.15) is 18.2 Å². The van der Waals surface area contributed by atoms with Crippen LogP contribution in [-0.2, 0) is 0 Å². The number of aromatic nitrogens is 2. The van der Waals surface area contributed by atoms with Crippen LogP contribution in [0.5, 0.6) is 0 Å². The van der Waals surface area contributed by atoms with Gasteiger partial charge in [-0.3, -0.25) is 0 Å². The highest BCUT2D eigenvalue weighted by atomic mass is 32.1. The molecule has 0 spiro atoms. The van der Waals surface area contributed by atoms with Gasteiger partial charge in [-0.25, -0.2) is 0 Å². The first-order valence-electron chi connectivity index (χ1n) is 5.14. The van der Waals surface area contributed by atoms with Gasteiger partial charge in [-0.05, 0) is 17.9 Å². The summed E-state index contributed by atoms with van der Waals surface area (Å²) >= 11 is 1.60. The quantitative estimate of drug-likeness (QED) is 0.807. The van der Waals surface area contributed by atoms with Gasteiger partial charge in [-0.1, -0.05) is 23.4 Å².